The zero-order valence-electron chi connectivity index (χ0n) is 14.2. The van der Waals surface area contributed by atoms with E-state index < -0.39 is 0 Å². The van der Waals surface area contributed by atoms with Crippen LogP contribution in [0.15, 0.2) is 66.9 Å². The summed E-state index contributed by atoms with van der Waals surface area (Å²) in [7, 11) is 0. The summed E-state index contributed by atoms with van der Waals surface area (Å²) in [6, 6.07) is 18.1. The predicted molar refractivity (Wildman–Crippen MR) is 102 cm³/mol. The van der Waals surface area contributed by atoms with E-state index in [0.717, 1.165) is 34.3 Å². The first kappa shape index (κ1) is 15.0. The van der Waals surface area contributed by atoms with Crippen molar-refractivity contribution in [3.63, 3.8) is 0 Å². The molecule has 0 spiro atoms. The number of allylic oxidation sites excluding steroid dienone is 1. The van der Waals surface area contributed by atoms with Gasteiger partial charge in [0.25, 0.3) is 0 Å². The Kier molecular flexibility index (Phi) is 3.42. The Bertz CT molecular complexity index is 1160. The molecule has 1 atom stereocenters. The molecule has 0 saturated carbocycles. The number of imidazole rings is 1. The quantitative estimate of drug-likeness (QED) is 0.546. The fourth-order valence-electron chi connectivity index (χ4n) is 3.63. The van der Waals surface area contributed by atoms with Crippen molar-refractivity contribution >= 4 is 28.7 Å². The Balaban J connectivity index is 1.53. The molecule has 1 aliphatic rings. The summed E-state index contributed by atoms with van der Waals surface area (Å²) in [4.78, 5) is 22.0. The zero-order valence-corrected chi connectivity index (χ0v) is 14.2. The average Bonchev–Trinajstić information content (AvgIpc) is 3.03. The Labute approximate surface area is 150 Å². The fraction of sp³-hybridized carbons (Fsp3) is 0.136. The molecule has 0 N–H and O–H groups in total. The molecular weight excluding hydrogens is 322 g/mol. The van der Waals surface area contributed by atoms with Gasteiger partial charge in [0.2, 0.25) is 5.78 Å². The van der Waals surface area contributed by atoms with Crippen LogP contribution >= 0.6 is 0 Å². The zero-order chi connectivity index (χ0) is 17.5. The molecule has 26 heavy (non-hydrogen) atoms. The Hall–Kier alpha value is -3.27. The predicted octanol–water partition coefficient (Wildman–Crippen LogP) is 4.34. The van der Waals surface area contributed by atoms with E-state index in [9.17, 15) is 4.79 Å². The monoisotopic (exact) mass is 339 g/mol. The van der Waals surface area contributed by atoms with Gasteiger partial charge in [0.15, 0.2) is 5.78 Å². The number of hydrogen-bond donors (Lipinski definition) is 0. The van der Waals surface area contributed by atoms with Crippen LogP contribution in [0.5, 0.6) is 0 Å². The highest BCUT2D eigenvalue weighted by molar-refractivity contribution is 5.98. The van der Waals surface area contributed by atoms with Crippen molar-refractivity contribution in [2.75, 3.05) is 0 Å². The maximum Gasteiger partial charge on any atom is 0.235 e. The number of benzene rings is 2. The van der Waals surface area contributed by atoms with E-state index in [1.54, 1.807) is 0 Å². The second-order valence-corrected chi connectivity index (χ2v) is 6.73. The lowest BCUT2D eigenvalue weighted by Gasteiger charge is -2.20. The fourth-order valence-corrected chi connectivity index (χ4v) is 3.63. The summed E-state index contributed by atoms with van der Waals surface area (Å²) in [5, 5.41) is 0. The number of aromatic nitrogens is 3. The Morgan fingerprint density at radius 2 is 1.77 bits per heavy atom. The van der Waals surface area contributed by atoms with Crippen LogP contribution in [0.25, 0.3) is 22.9 Å². The van der Waals surface area contributed by atoms with Crippen molar-refractivity contribution in [2.24, 2.45) is 5.92 Å². The third kappa shape index (κ3) is 2.51. The summed E-state index contributed by atoms with van der Waals surface area (Å²) < 4.78 is 1.92. The van der Waals surface area contributed by atoms with Gasteiger partial charge >= 0.3 is 0 Å². The molecule has 0 aliphatic heterocycles. The third-order valence-electron chi connectivity index (χ3n) is 4.95. The first-order valence-electron chi connectivity index (χ1n) is 8.81. The maximum absolute atomic E-state index is 12.7. The van der Waals surface area contributed by atoms with E-state index in [1.165, 1.54) is 0 Å². The topological polar surface area (TPSA) is 47.3 Å². The first-order chi connectivity index (χ1) is 12.8. The number of nitrogens with zero attached hydrogens (tertiary/aromatic N) is 3. The molecule has 5 rings (SSSR count). The van der Waals surface area contributed by atoms with Gasteiger partial charge < -0.3 is 0 Å². The number of ketones is 1. The molecule has 4 aromatic rings. The van der Waals surface area contributed by atoms with Gasteiger partial charge in [0.1, 0.15) is 0 Å². The number of para-hydroxylation sites is 2. The van der Waals surface area contributed by atoms with Crippen molar-refractivity contribution in [3.8, 4) is 0 Å². The van der Waals surface area contributed by atoms with E-state index in [2.05, 4.69) is 29.3 Å². The minimum atomic E-state index is 0.154. The second kappa shape index (κ2) is 5.92. The van der Waals surface area contributed by atoms with E-state index in [1.807, 2.05) is 53.1 Å². The molecule has 126 valence electrons. The maximum atomic E-state index is 12.7. The van der Waals surface area contributed by atoms with Crippen LogP contribution in [-0.4, -0.2) is 20.2 Å². The number of hydrogen-bond acceptors (Lipinski definition) is 3. The van der Waals surface area contributed by atoms with Crippen molar-refractivity contribution in [2.45, 2.75) is 12.8 Å². The largest absolute Gasteiger partial charge is 0.294 e. The van der Waals surface area contributed by atoms with Gasteiger partial charge in [-0.3, -0.25) is 9.20 Å². The minimum absolute atomic E-state index is 0.154. The van der Waals surface area contributed by atoms with E-state index in [0.29, 0.717) is 12.2 Å². The van der Waals surface area contributed by atoms with E-state index in [-0.39, 0.29) is 11.7 Å². The molecule has 2 aromatic carbocycles. The van der Waals surface area contributed by atoms with Gasteiger partial charge in [-0.05, 0) is 30.0 Å². The lowest BCUT2D eigenvalue weighted by molar-refractivity contribution is 0.0957. The average molecular weight is 339 g/mol. The molecule has 0 fully saturated rings. The third-order valence-corrected chi connectivity index (χ3v) is 4.95. The van der Waals surface area contributed by atoms with Gasteiger partial charge in [0, 0.05) is 12.6 Å². The second-order valence-electron chi connectivity index (χ2n) is 6.73. The summed E-state index contributed by atoms with van der Waals surface area (Å²) in [5.41, 5.74) is 4.61. The number of fused-ring (bicyclic) bond motifs is 4. The number of carbonyl (C=O) groups is 1. The SMILES string of the molecule is O=C1C[C@@H](/C=C/c2ccccc2)Cc2nc3nc4ccccc4n3cc21. The number of Topliss-reactive ketones (excluding diaryl/α,β-unsaturated/α-hetero) is 1. The molecule has 0 bridgehead atoms. The van der Waals surface area contributed by atoms with Crippen LogP contribution in [0.2, 0.25) is 0 Å². The molecule has 0 amide bonds. The number of carbonyl (C=O) groups excluding carboxylic acids is 1. The number of rotatable bonds is 2. The lowest BCUT2D eigenvalue weighted by Crippen LogP contribution is -2.21. The van der Waals surface area contributed by atoms with Gasteiger partial charge in [0.05, 0.1) is 22.3 Å². The van der Waals surface area contributed by atoms with Crippen LogP contribution < -0.4 is 0 Å². The lowest BCUT2D eigenvalue weighted by atomic mass is 9.86. The highest BCUT2D eigenvalue weighted by Gasteiger charge is 2.26. The van der Waals surface area contributed by atoms with Crippen LogP contribution in [0.1, 0.15) is 28.0 Å². The summed E-state index contributed by atoms with van der Waals surface area (Å²) in [5.74, 6) is 0.987. The smallest absolute Gasteiger partial charge is 0.235 e. The van der Waals surface area contributed by atoms with Gasteiger partial charge in [-0.15, -0.1) is 0 Å². The molecule has 2 aromatic heterocycles. The highest BCUT2D eigenvalue weighted by Crippen LogP contribution is 2.27. The van der Waals surface area contributed by atoms with E-state index in [4.69, 9.17) is 4.98 Å². The molecule has 1 aliphatic carbocycles. The van der Waals surface area contributed by atoms with Crippen molar-refractivity contribution in [3.05, 3.63) is 83.7 Å². The molecule has 0 saturated heterocycles. The van der Waals surface area contributed by atoms with Crippen LogP contribution in [0.4, 0.5) is 0 Å². The molecule has 2 heterocycles. The van der Waals surface area contributed by atoms with Crippen molar-refractivity contribution < 1.29 is 4.79 Å². The normalized spacial score (nSPS) is 17.2. The summed E-state index contributed by atoms with van der Waals surface area (Å²) in [6.45, 7) is 0. The molecule has 4 heteroatoms. The molecule has 0 radical (unpaired) electrons. The van der Waals surface area contributed by atoms with Gasteiger partial charge in [-0.2, -0.15) is 0 Å². The van der Waals surface area contributed by atoms with Crippen LogP contribution in [0.3, 0.4) is 0 Å². The molecule has 4 nitrogen and oxygen atoms in total. The van der Waals surface area contributed by atoms with Gasteiger partial charge in [-0.1, -0.05) is 54.6 Å². The van der Waals surface area contributed by atoms with Crippen LogP contribution in [0, 0.1) is 5.92 Å². The molecular formula is C22H17N3O. The van der Waals surface area contributed by atoms with Crippen molar-refractivity contribution in [1.29, 1.82) is 0 Å². The standard InChI is InChI=1S/C22H17N3O/c26-21-13-16(11-10-15-6-2-1-3-7-15)12-19-17(21)14-25-20-9-5-4-8-18(20)23-22(25)24-19/h1-11,14,16H,12-13H2/b11-10+/t16-/m0/s1. The van der Waals surface area contributed by atoms with E-state index >= 15 is 0 Å². The summed E-state index contributed by atoms with van der Waals surface area (Å²) >= 11 is 0. The Morgan fingerprint density at radius 3 is 2.65 bits per heavy atom. The molecule has 0 unspecified atom stereocenters. The summed E-state index contributed by atoms with van der Waals surface area (Å²) in [6.07, 6.45) is 7.42. The van der Waals surface area contributed by atoms with Gasteiger partial charge in [-0.25, -0.2) is 9.97 Å². The highest BCUT2D eigenvalue weighted by atomic mass is 16.1. The minimum Gasteiger partial charge on any atom is -0.294 e. The first-order valence-corrected chi connectivity index (χ1v) is 8.81. The van der Waals surface area contributed by atoms with Crippen LogP contribution in [-0.2, 0) is 6.42 Å². The van der Waals surface area contributed by atoms with Crippen molar-refractivity contribution in [1.82, 2.24) is 14.4 Å². The Morgan fingerprint density at radius 1 is 0.962 bits per heavy atom.